The molecule has 0 radical (unpaired) electrons. The number of aromatic amines is 1. The first-order valence-corrected chi connectivity index (χ1v) is 8.48. The van der Waals surface area contributed by atoms with Crippen molar-refractivity contribution in [3.05, 3.63) is 70.9 Å². The fraction of sp³-hybridized carbons (Fsp3) is 0.200. The summed E-state index contributed by atoms with van der Waals surface area (Å²) in [6.45, 7) is 0. The van der Waals surface area contributed by atoms with Crippen LogP contribution in [-0.2, 0) is 11.2 Å². The largest absolute Gasteiger partial charge is 0.493 e. The Morgan fingerprint density at radius 2 is 1.81 bits per heavy atom. The van der Waals surface area contributed by atoms with Crippen molar-refractivity contribution in [2.75, 3.05) is 19.5 Å². The van der Waals surface area contributed by atoms with Gasteiger partial charge in [0.1, 0.15) is 0 Å². The van der Waals surface area contributed by atoms with Crippen LogP contribution in [0.1, 0.15) is 12.0 Å². The lowest BCUT2D eigenvalue weighted by Crippen LogP contribution is -2.14. The first-order valence-electron chi connectivity index (χ1n) is 8.48. The van der Waals surface area contributed by atoms with Crippen LogP contribution in [0.15, 0.2) is 59.7 Å². The van der Waals surface area contributed by atoms with Gasteiger partial charge < -0.3 is 19.8 Å². The number of nitrogens with zero attached hydrogens (tertiary/aromatic N) is 1. The number of imidazole rings is 1. The molecular weight excluding hydrogens is 346 g/mol. The average molecular weight is 367 g/mol. The van der Waals surface area contributed by atoms with Crippen LogP contribution in [0.4, 0.5) is 5.69 Å². The van der Waals surface area contributed by atoms with Gasteiger partial charge in [-0.1, -0.05) is 6.07 Å². The Morgan fingerprint density at radius 1 is 1.07 bits per heavy atom. The summed E-state index contributed by atoms with van der Waals surface area (Å²) >= 11 is 0. The fourth-order valence-electron chi connectivity index (χ4n) is 2.75. The van der Waals surface area contributed by atoms with E-state index in [-0.39, 0.29) is 11.6 Å². The number of H-pyrrole nitrogens is 1. The molecule has 0 fully saturated rings. The van der Waals surface area contributed by atoms with Gasteiger partial charge in [-0.15, -0.1) is 0 Å². The van der Waals surface area contributed by atoms with Crippen molar-refractivity contribution in [3.8, 4) is 17.2 Å². The molecule has 0 aliphatic heterocycles. The second kappa shape index (κ2) is 8.27. The van der Waals surface area contributed by atoms with Gasteiger partial charge in [0.05, 0.1) is 19.9 Å². The Labute approximate surface area is 156 Å². The summed E-state index contributed by atoms with van der Waals surface area (Å²) in [6.07, 6.45) is 4.16. The number of aromatic nitrogens is 2. The predicted octanol–water partition coefficient (Wildman–Crippen LogP) is 2.75. The number of carbonyl (C=O) groups is 1. The molecule has 3 rings (SSSR count). The fourth-order valence-corrected chi connectivity index (χ4v) is 2.75. The van der Waals surface area contributed by atoms with Crippen molar-refractivity contribution in [1.29, 1.82) is 0 Å². The Kier molecular flexibility index (Phi) is 5.61. The van der Waals surface area contributed by atoms with Crippen molar-refractivity contribution < 1.29 is 14.3 Å². The summed E-state index contributed by atoms with van der Waals surface area (Å²) in [7, 11) is 3.17. The van der Waals surface area contributed by atoms with Gasteiger partial charge >= 0.3 is 5.69 Å². The highest BCUT2D eigenvalue weighted by Crippen LogP contribution is 2.28. The third-order valence-corrected chi connectivity index (χ3v) is 4.17. The summed E-state index contributed by atoms with van der Waals surface area (Å²) < 4.78 is 12.0. The molecule has 27 heavy (non-hydrogen) atoms. The number of anilines is 1. The lowest BCUT2D eigenvalue weighted by Gasteiger charge is -2.10. The van der Waals surface area contributed by atoms with Gasteiger partial charge in [0.15, 0.2) is 11.5 Å². The van der Waals surface area contributed by atoms with Crippen LogP contribution < -0.4 is 20.5 Å². The van der Waals surface area contributed by atoms with E-state index in [2.05, 4.69) is 10.3 Å². The summed E-state index contributed by atoms with van der Waals surface area (Å²) in [6, 6.07) is 12.7. The molecule has 1 heterocycles. The van der Waals surface area contributed by atoms with Gasteiger partial charge in [-0.2, -0.15) is 0 Å². The molecule has 7 heteroatoms. The third-order valence-electron chi connectivity index (χ3n) is 4.17. The number of rotatable bonds is 7. The molecule has 0 aliphatic rings. The van der Waals surface area contributed by atoms with Crippen LogP contribution >= 0.6 is 0 Å². The Bertz CT molecular complexity index is 973. The van der Waals surface area contributed by atoms with Crippen LogP contribution in [-0.4, -0.2) is 29.7 Å². The van der Waals surface area contributed by atoms with Crippen molar-refractivity contribution in [2.45, 2.75) is 12.8 Å². The molecule has 0 bridgehead atoms. The molecule has 0 spiro atoms. The molecule has 140 valence electrons. The highest BCUT2D eigenvalue weighted by atomic mass is 16.5. The highest BCUT2D eigenvalue weighted by Gasteiger charge is 2.08. The molecule has 3 aromatic rings. The van der Waals surface area contributed by atoms with Gasteiger partial charge in [-0.3, -0.25) is 9.36 Å². The lowest BCUT2D eigenvalue weighted by atomic mass is 10.1. The molecule has 2 N–H and O–H groups in total. The minimum absolute atomic E-state index is 0.0867. The van der Waals surface area contributed by atoms with Crippen LogP contribution in [0.2, 0.25) is 0 Å². The summed E-state index contributed by atoms with van der Waals surface area (Å²) in [5.41, 5.74) is 2.19. The SMILES string of the molecule is COc1ccc(CCC(=O)Nc2ccc(-n3cc[nH]c3=O)cc2)cc1OC. The zero-order valence-corrected chi connectivity index (χ0v) is 15.2. The molecule has 1 amide bonds. The van der Waals surface area contributed by atoms with Crippen LogP contribution in [0.5, 0.6) is 11.5 Å². The second-order valence-electron chi connectivity index (χ2n) is 5.92. The van der Waals surface area contributed by atoms with Crippen LogP contribution in [0.25, 0.3) is 5.69 Å². The van der Waals surface area contributed by atoms with Gasteiger partial charge in [-0.05, 0) is 48.4 Å². The Morgan fingerprint density at radius 3 is 2.44 bits per heavy atom. The zero-order chi connectivity index (χ0) is 19.2. The molecule has 0 aliphatic carbocycles. The number of amides is 1. The van der Waals surface area contributed by atoms with Crippen molar-refractivity contribution in [3.63, 3.8) is 0 Å². The maximum atomic E-state index is 12.2. The maximum absolute atomic E-state index is 12.2. The summed E-state index contributed by atoms with van der Waals surface area (Å²) in [5, 5.41) is 2.86. The number of hydrogen-bond donors (Lipinski definition) is 2. The van der Waals surface area contributed by atoms with E-state index < -0.39 is 0 Å². The molecule has 0 atom stereocenters. The van der Waals surface area contributed by atoms with Gasteiger partial charge in [0.2, 0.25) is 5.91 Å². The zero-order valence-electron chi connectivity index (χ0n) is 15.2. The molecule has 0 saturated heterocycles. The van der Waals surface area contributed by atoms with E-state index in [4.69, 9.17) is 9.47 Å². The minimum Gasteiger partial charge on any atom is -0.493 e. The van der Waals surface area contributed by atoms with E-state index in [1.165, 1.54) is 4.57 Å². The smallest absolute Gasteiger partial charge is 0.330 e. The molecule has 7 nitrogen and oxygen atoms in total. The number of hydrogen-bond acceptors (Lipinski definition) is 4. The van der Waals surface area contributed by atoms with Crippen molar-refractivity contribution in [1.82, 2.24) is 9.55 Å². The second-order valence-corrected chi connectivity index (χ2v) is 5.92. The van der Waals surface area contributed by atoms with E-state index >= 15 is 0 Å². The number of nitrogens with one attached hydrogen (secondary N) is 2. The van der Waals surface area contributed by atoms with E-state index in [1.807, 2.05) is 18.2 Å². The first-order chi connectivity index (χ1) is 13.1. The van der Waals surface area contributed by atoms with Crippen molar-refractivity contribution >= 4 is 11.6 Å². The quantitative estimate of drug-likeness (QED) is 0.672. The van der Waals surface area contributed by atoms with Crippen molar-refractivity contribution in [2.24, 2.45) is 0 Å². The molecular formula is C20H21N3O4. The summed E-state index contributed by atoms with van der Waals surface area (Å²) in [4.78, 5) is 26.4. The highest BCUT2D eigenvalue weighted by molar-refractivity contribution is 5.90. The summed E-state index contributed by atoms with van der Waals surface area (Å²) in [5.74, 6) is 1.22. The third kappa shape index (κ3) is 4.38. The molecule has 0 saturated carbocycles. The monoisotopic (exact) mass is 367 g/mol. The molecule has 2 aromatic carbocycles. The van der Waals surface area contributed by atoms with Crippen LogP contribution in [0, 0.1) is 0 Å². The first kappa shape index (κ1) is 18.3. The van der Waals surface area contributed by atoms with E-state index in [1.54, 1.807) is 50.9 Å². The predicted molar refractivity (Wildman–Crippen MR) is 103 cm³/mol. The number of aryl methyl sites for hydroxylation is 1. The van der Waals surface area contributed by atoms with Gasteiger partial charge in [0.25, 0.3) is 0 Å². The molecule has 1 aromatic heterocycles. The maximum Gasteiger partial charge on any atom is 0.330 e. The Hall–Kier alpha value is -3.48. The van der Waals surface area contributed by atoms with Gasteiger partial charge in [-0.25, -0.2) is 4.79 Å². The standard InChI is InChI=1S/C20H21N3O4/c1-26-17-9-3-14(13-18(17)27-2)4-10-19(24)22-15-5-7-16(8-6-15)23-12-11-21-20(23)25/h3,5-9,11-13H,4,10H2,1-2H3,(H,21,25)(H,22,24). The van der Waals surface area contributed by atoms with Gasteiger partial charge in [0, 0.05) is 24.5 Å². The average Bonchev–Trinajstić information content (AvgIpc) is 3.12. The number of carbonyl (C=O) groups excluding carboxylic acids is 1. The van der Waals surface area contributed by atoms with E-state index in [9.17, 15) is 9.59 Å². The number of benzene rings is 2. The minimum atomic E-state index is -0.207. The number of ether oxygens (including phenoxy) is 2. The topological polar surface area (TPSA) is 85.4 Å². The molecule has 0 unspecified atom stereocenters. The lowest BCUT2D eigenvalue weighted by molar-refractivity contribution is -0.116. The van der Waals surface area contributed by atoms with Crippen LogP contribution in [0.3, 0.4) is 0 Å². The Balaban J connectivity index is 1.58. The van der Waals surface area contributed by atoms with E-state index in [0.717, 1.165) is 11.3 Å². The number of methoxy groups -OCH3 is 2. The van der Waals surface area contributed by atoms with E-state index in [0.29, 0.717) is 30.0 Å². The normalized spacial score (nSPS) is 10.4.